The van der Waals surface area contributed by atoms with Crippen LogP contribution in [0, 0.1) is 0 Å². The number of hydrogen-bond acceptors (Lipinski definition) is 5. The van der Waals surface area contributed by atoms with Gasteiger partial charge in [0.25, 0.3) is 0 Å². The third-order valence-electron chi connectivity index (χ3n) is 5.67. The van der Waals surface area contributed by atoms with Crippen LogP contribution < -0.4 is 14.2 Å². The van der Waals surface area contributed by atoms with Crippen molar-refractivity contribution >= 4 is 28.1 Å². The summed E-state index contributed by atoms with van der Waals surface area (Å²) in [6.45, 7) is 8.72. The number of halogens is 1. The molecule has 2 aliphatic heterocycles. The van der Waals surface area contributed by atoms with Crippen molar-refractivity contribution in [3.63, 3.8) is 0 Å². The van der Waals surface area contributed by atoms with Gasteiger partial charge in [-0.2, -0.15) is 0 Å². The molecule has 0 aromatic heterocycles. The van der Waals surface area contributed by atoms with E-state index < -0.39 is 10.0 Å². The molecule has 2 aromatic carbocycles. The van der Waals surface area contributed by atoms with Crippen LogP contribution in [0.4, 0.5) is 0 Å². The van der Waals surface area contributed by atoms with Crippen LogP contribution in [-0.4, -0.2) is 38.6 Å². The van der Waals surface area contributed by atoms with Crippen molar-refractivity contribution in [2.45, 2.75) is 58.2 Å². The molecule has 2 aromatic rings. The van der Waals surface area contributed by atoms with Crippen LogP contribution in [0.5, 0.6) is 11.5 Å². The molecule has 1 N–H and O–H groups in total. The lowest BCUT2D eigenvalue weighted by Gasteiger charge is -2.31. The number of sulfonamides is 1. The fourth-order valence-corrected chi connectivity index (χ4v) is 4.85. The number of ether oxygens (including phenoxy) is 2. The Balaban J connectivity index is 0.00000289. The summed E-state index contributed by atoms with van der Waals surface area (Å²) in [6.07, 6.45) is 2.78. The van der Waals surface area contributed by atoms with E-state index in [1.54, 1.807) is 7.11 Å². The molecule has 174 valence electrons. The van der Waals surface area contributed by atoms with Crippen LogP contribution in [0.2, 0.25) is 0 Å². The number of nitrogens with zero attached hydrogens (tertiary/aromatic N) is 1. The maximum atomic E-state index is 11.4. The topological polar surface area (TPSA) is 77.0 Å². The minimum absolute atomic E-state index is 0. The van der Waals surface area contributed by atoms with Gasteiger partial charge >= 0.3 is 0 Å². The molecule has 0 atom stereocenters. The van der Waals surface area contributed by atoms with E-state index in [1.807, 2.05) is 24.3 Å². The van der Waals surface area contributed by atoms with Gasteiger partial charge < -0.3 is 9.47 Å². The quantitative estimate of drug-likeness (QED) is 0.703. The highest BCUT2D eigenvalue weighted by Gasteiger charge is 2.39. The molecule has 0 radical (unpaired) electrons. The SMILES string of the molecule is COc1cc2c(c3c1OC(C)(C)C3)C(c1ccc(CNS(C)(=O)=O)cc1)=NC(C)(C)C2.Cl. The van der Waals surface area contributed by atoms with Crippen molar-refractivity contribution in [3.05, 3.63) is 58.1 Å². The summed E-state index contributed by atoms with van der Waals surface area (Å²) in [5.74, 6) is 1.59. The van der Waals surface area contributed by atoms with E-state index in [9.17, 15) is 8.42 Å². The number of aliphatic imine (C=N–C) groups is 1. The Hall–Kier alpha value is -2.09. The first-order valence-electron chi connectivity index (χ1n) is 10.4. The molecule has 0 saturated carbocycles. The molecular weight excluding hydrogens is 448 g/mol. The molecule has 0 fully saturated rings. The number of rotatable bonds is 5. The summed E-state index contributed by atoms with van der Waals surface area (Å²) in [5, 5.41) is 0. The maximum Gasteiger partial charge on any atom is 0.209 e. The molecule has 4 rings (SSSR count). The second-order valence-electron chi connectivity index (χ2n) is 9.70. The molecular formula is C24H31ClN2O4S. The largest absolute Gasteiger partial charge is 0.493 e. The lowest BCUT2D eigenvalue weighted by molar-refractivity contribution is 0.134. The van der Waals surface area contributed by atoms with Crippen LogP contribution in [0.1, 0.15) is 55.5 Å². The molecule has 0 unspecified atom stereocenters. The Bertz CT molecular complexity index is 1170. The predicted octanol–water partition coefficient (Wildman–Crippen LogP) is 4.05. The van der Waals surface area contributed by atoms with Crippen LogP contribution in [0.25, 0.3) is 0 Å². The number of methoxy groups -OCH3 is 1. The van der Waals surface area contributed by atoms with Crippen molar-refractivity contribution in [1.29, 1.82) is 0 Å². The van der Waals surface area contributed by atoms with E-state index in [2.05, 4.69) is 38.5 Å². The standard InChI is InChI=1S/C24H30N2O4S.ClH/c1-23(2)12-17-11-19(29-5)22-18(13-24(3,4)30-22)20(17)21(26-23)16-9-7-15(8-10-16)14-25-31(6,27)28;/h7-11,25H,12-14H2,1-6H3;1H. The highest BCUT2D eigenvalue weighted by atomic mass is 35.5. The first kappa shape index (κ1) is 24.6. The normalized spacial score (nSPS) is 18.0. The highest BCUT2D eigenvalue weighted by molar-refractivity contribution is 7.88. The van der Waals surface area contributed by atoms with Crippen LogP contribution in [-0.2, 0) is 29.4 Å². The fourth-order valence-electron chi connectivity index (χ4n) is 4.42. The van der Waals surface area contributed by atoms with E-state index in [-0.39, 0.29) is 30.1 Å². The Morgan fingerprint density at radius 2 is 1.78 bits per heavy atom. The lowest BCUT2D eigenvalue weighted by atomic mass is 9.81. The average molecular weight is 479 g/mol. The average Bonchev–Trinajstić information content (AvgIpc) is 2.99. The van der Waals surface area contributed by atoms with Gasteiger partial charge in [0.15, 0.2) is 11.5 Å². The molecule has 2 heterocycles. The minimum Gasteiger partial charge on any atom is -0.493 e. The van der Waals surface area contributed by atoms with Gasteiger partial charge in [0.05, 0.1) is 24.6 Å². The molecule has 0 saturated heterocycles. The van der Waals surface area contributed by atoms with Gasteiger partial charge in [-0.1, -0.05) is 24.3 Å². The van der Waals surface area contributed by atoms with Crippen molar-refractivity contribution in [1.82, 2.24) is 4.72 Å². The Labute approximate surface area is 196 Å². The third-order valence-corrected chi connectivity index (χ3v) is 6.34. The zero-order chi connectivity index (χ0) is 22.6. The van der Waals surface area contributed by atoms with Crippen LogP contribution in [0.3, 0.4) is 0 Å². The second-order valence-corrected chi connectivity index (χ2v) is 11.5. The molecule has 0 spiro atoms. The number of nitrogens with one attached hydrogen (secondary N) is 1. The van der Waals surface area contributed by atoms with Crippen molar-refractivity contribution in [2.24, 2.45) is 4.99 Å². The molecule has 6 nitrogen and oxygen atoms in total. The van der Waals surface area contributed by atoms with Crippen LogP contribution in [0.15, 0.2) is 35.3 Å². The summed E-state index contributed by atoms with van der Waals surface area (Å²) in [5.41, 5.74) is 5.82. The van der Waals surface area contributed by atoms with Gasteiger partial charge in [0, 0.05) is 29.7 Å². The van der Waals surface area contributed by atoms with Gasteiger partial charge in [-0.3, -0.25) is 4.99 Å². The maximum absolute atomic E-state index is 11.4. The minimum atomic E-state index is -3.23. The molecule has 0 bridgehead atoms. The molecule has 0 amide bonds. The van der Waals surface area contributed by atoms with E-state index in [0.29, 0.717) is 0 Å². The predicted molar refractivity (Wildman–Crippen MR) is 130 cm³/mol. The van der Waals surface area contributed by atoms with Gasteiger partial charge in [-0.15, -0.1) is 12.4 Å². The van der Waals surface area contributed by atoms with E-state index >= 15 is 0 Å². The van der Waals surface area contributed by atoms with Gasteiger partial charge in [0.2, 0.25) is 10.0 Å². The first-order chi connectivity index (χ1) is 14.4. The lowest BCUT2D eigenvalue weighted by Crippen LogP contribution is -2.30. The summed E-state index contributed by atoms with van der Waals surface area (Å²) >= 11 is 0. The first-order valence-corrected chi connectivity index (χ1v) is 12.3. The van der Waals surface area contributed by atoms with Crippen LogP contribution >= 0.6 is 12.4 Å². The summed E-state index contributed by atoms with van der Waals surface area (Å²) < 4.78 is 37.2. The molecule has 0 aliphatic carbocycles. The number of fused-ring (bicyclic) bond motifs is 3. The summed E-state index contributed by atoms with van der Waals surface area (Å²) in [6, 6.07) is 10.0. The summed E-state index contributed by atoms with van der Waals surface area (Å²) in [4.78, 5) is 5.13. The zero-order valence-electron chi connectivity index (χ0n) is 19.4. The van der Waals surface area contributed by atoms with Crippen molar-refractivity contribution in [3.8, 4) is 11.5 Å². The Morgan fingerprint density at radius 1 is 1.12 bits per heavy atom. The van der Waals surface area contributed by atoms with E-state index in [0.717, 1.165) is 58.6 Å². The molecule has 8 heteroatoms. The van der Waals surface area contributed by atoms with E-state index in [4.69, 9.17) is 14.5 Å². The molecule has 2 aliphatic rings. The Kier molecular flexibility index (Phi) is 6.41. The third kappa shape index (κ3) is 4.95. The van der Waals surface area contributed by atoms with Crippen molar-refractivity contribution < 1.29 is 17.9 Å². The highest BCUT2D eigenvalue weighted by Crippen LogP contribution is 2.47. The van der Waals surface area contributed by atoms with Gasteiger partial charge in [-0.05, 0) is 51.3 Å². The molecule has 32 heavy (non-hydrogen) atoms. The number of benzene rings is 2. The monoisotopic (exact) mass is 478 g/mol. The van der Waals surface area contributed by atoms with Gasteiger partial charge in [-0.25, -0.2) is 13.1 Å². The zero-order valence-corrected chi connectivity index (χ0v) is 21.0. The van der Waals surface area contributed by atoms with Crippen molar-refractivity contribution in [2.75, 3.05) is 13.4 Å². The van der Waals surface area contributed by atoms with E-state index in [1.165, 1.54) is 5.56 Å². The number of hydrogen-bond donors (Lipinski definition) is 1. The summed E-state index contributed by atoms with van der Waals surface area (Å²) in [7, 11) is -1.55. The Morgan fingerprint density at radius 3 is 2.38 bits per heavy atom. The van der Waals surface area contributed by atoms with Gasteiger partial charge in [0.1, 0.15) is 5.60 Å². The fraction of sp³-hybridized carbons (Fsp3) is 0.458. The smallest absolute Gasteiger partial charge is 0.209 e. The second kappa shape index (κ2) is 8.36.